The summed E-state index contributed by atoms with van der Waals surface area (Å²) in [5.41, 5.74) is 0.943. The Labute approximate surface area is 181 Å². The SMILES string of the molecule is Cc1cc2c(=O)n(-c3ccccc3)c(=O)n(CC(=O)Nc3ccc(C)c(Cl)c3)c2s1. The highest BCUT2D eigenvalue weighted by Gasteiger charge is 2.18. The Morgan fingerprint density at radius 2 is 1.80 bits per heavy atom. The number of hydrogen-bond acceptors (Lipinski definition) is 4. The van der Waals surface area contributed by atoms with Crippen LogP contribution in [0.25, 0.3) is 15.9 Å². The number of carbonyl (C=O) groups excluding carboxylic acids is 1. The lowest BCUT2D eigenvalue weighted by Crippen LogP contribution is -2.40. The van der Waals surface area contributed by atoms with Crippen LogP contribution in [0, 0.1) is 13.8 Å². The van der Waals surface area contributed by atoms with Gasteiger partial charge in [-0.2, -0.15) is 0 Å². The molecule has 0 aliphatic carbocycles. The lowest BCUT2D eigenvalue weighted by Gasteiger charge is -2.12. The second-order valence-electron chi connectivity index (χ2n) is 6.93. The van der Waals surface area contributed by atoms with Crippen LogP contribution in [0.3, 0.4) is 0 Å². The number of anilines is 1. The minimum absolute atomic E-state index is 0.228. The molecule has 30 heavy (non-hydrogen) atoms. The van der Waals surface area contributed by atoms with Gasteiger partial charge in [0.1, 0.15) is 11.4 Å². The van der Waals surface area contributed by atoms with E-state index in [9.17, 15) is 14.4 Å². The average Bonchev–Trinajstić information content (AvgIpc) is 3.11. The number of aryl methyl sites for hydroxylation is 2. The molecule has 8 heteroatoms. The molecule has 2 aromatic heterocycles. The fourth-order valence-electron chi connectivity index (χ4n) is 3.23. The van der Waals surface area contributed by atoms with Gasteiger partial charge in [0.25, 0.3) is 5.56 Å². The van der Waals surface area contributed by atoms with Crippen LogP contribution in [0.1, 0.15) is 10.4 Å². The van der Waals surface area contributed by atoms with Crippen molar-refractivity contribution >= 4 is 44.7 Å². The molecule has 6 nitrogen and oxygen atoms in total. The van der Waals surface area contributed by atoms with Gasteiger partial charge in [0.15, 0.2) is 0 Å². The number of aromatic nitrogens is 2. The fraction of sp³-hybridized carbons (Fsp3) is 0.136. The first-order valence-corrected chi connectivity index (χ1v) is 10.4. The van der Waals surface area contributed by atoms with Gasteiger partial charge in [-0.15, -0.1) is 11.3 Å². The molecule has 2 aromatic carbocycles. The minimum atomic E-state index is -0.558. The molecular weight excluding hydrogens is 422 g/mol. The Hall–Kier alpha value is -3.16. The highest BCUT2D eigenvalue weighted by molar-refractivity contribution is 7.18. The molecule has 4 aromatic rings. The quantitative estimate of drug-likeness (QED) is 0.519. The zero-order chi connectivity index (χ0) is 21.4. The van der Waals surface area contributed by atoms with Gasteiger partial charge in [0.05, 0.1) is 11.1 Å². The van der Waals surface area contributed by atoms with E-state index in [0.717, 1.165) is 15.0 Å². The van der Waals surface area contributed by atoms with Crippen molar-refractivity contribution < 1.29 is 4.79 Å². The Bertz CT molecular complexity index is 1390. The Kier molecular flexibility index (Phi) is 5.32. The van der Waals surface area contributed by atoms with Gasteiger partial charge in [-0.05, 0) is 49.7 Å². The first-order valence-electron chi connectivity index (χ1n) is 9.22. The van der Waals surface area contributed by atoms with Gasteiger partial charge in [0.2, 0.25) is 5.91 Å². The molecule has 0 fully saturated rings. The molecule has 0 saturated carbocycles. The largest absolute Gasteiger partial charge is 0.337 e. The molecular formula is C22H18ClN3O3S. The molecule has 0 aliphatic heterocycles. The molecule has 2 heterocycles. The van der Waals surface area contributed by atoms with E-state index in [1.165, 1.54) is 15.9 Å². The van der Waals surface area contributed by atoms with Gasteiger partial charge >= 0.3 is 5.69 Å². The van der Waals surface area contributed by atoms with Crippen LogP contribution in [-0.4, -0.2) is 15.0 Å². The Morgan fingerprint density at radius 1 is 1.07 bits per heavy atom. The van der Waals surface area contributed by atoms with E-state index in [1.54, 1.807) is 54.6 Å². The predicted octanol–water partition coefficient (Wildman–Crippen LogP) is 4.12. The van der Waals surface area contributed by atoms with E-state index in [-0.39, 0.29) is 12.5 Å². The van der Waals surface area contributed by atoms with Gasteiger partial charge in [-0.1, -0.05) is 35.9 Å². The monoisotopic (exact) mass is 439 g/mol. The van der Waals surface area contributed by atoms with Crippen LogP contribution in [0.5, 0.6) is 0 Å². The molecule has 0 atom stereocenters. The van der Waals surface area contributed by atoms with Crippen molar-refractivity contribution in [2.45, 2.75) is 20.4 Å². The van der Waals surface area contributed by atoms with Crippen LogP contribution < -0.4 is 16.6 Å². The molecule has 1 N–H and O–H groups in total. The summed E-state index contributed by atoms with van der Waals surface area (Å²) in [5, 5.41) is 3.72. The molecule has 0 bridgehead atoms. The molecule has 0 spiro atoms. The number of nitrogens with zero attached hydrogens (tertiary/aromatic N) is 2. The van der Waals surface area contributed by atoms with Crippen LogP contribution in [0.15, 0.2) is 64.2 Å². The van der Waals surface area contributed by atoms with Crippen molar-refractivity contribution in [3.63, 3.8) is 0 Å². The highest BCUT2D eigenvalue weighted by Crippen LogP contribution is 2.23. The van der Waals surface area contributed by atoms with Gasteiger partial charge in [-0.25, -0.2) is 9.36 Å². The summed E-state index contributed by atoms with van der Waals surface area (Å²) >= 11 is 7.44. The van der Waals surface area contributed by atoms with Gasteiger partial charge in [0, 0.05) is 15.6 Å². The number of thiophene rings is 1. The number of halogens is 1. The molecule has 0 unspecified atom stereocenters. The number of carbonyl (C=O) groups is 1. The van der Waals surface area contributed by atoms with Crippen LogP contribution in [0.4, 0.5) is 5.69 Å². The van der Waals surface area contributed by atoms with Gasteiger partial charge in [-0.3, -0.25) is 14.2 Å². The van der Waals surface area contributed by atoms with E-state index in [0.29, 0.717) is 26.6 Å². The Morgan fingerprint density at radius 3 is 2.50 bits per heavy atom. The standard InChI is InChI=1S/C22H18ClN3O3S/c1-13-8-9-15(11-18(13)23)24-19(27)12-25-21-17(10-14(2)30-21)20(28)26(22(25)29)16-6-4-3-5-7-16/h3-11H,12H2,1-2H3,(H,24,27). The van der Waals surface area contributed by atoms with Crippen LogP contribution >= 0.6 is 22.9 Å². The van der Waals surface area contributed by atoms with Gasteiger partial charge < -0.3 is 5.32 Å². The average molecular weight is 440 g/mol. The Balaban J connectivity index is 1.80. The van der Waals surface area contributed by atoms with Crippen LogP contribution in [0.2, 0.25) is 5.02 Å². The summed E-state index contributed by atoms with van der Waals surface area (Å²) in [7, 11) is 0. The molecule has 152 valence electrons. The van der Waals surface area contributed by atoms with Crippen molar-refractivity contribution in [2.24, 2.45) is 0 Å². The van der Waals surface area contributed by atoms with Crippen molar-refractivity contribution in [2.75, 3.05) is 5.32 Å². The summed E-state index contributed by atoms with van der Waals surface area (Å²) in [4.78, 5) is 40.3. The third kappa shape index (κ3) is 3.69. The molecule has 0 saturated heterocycles. The predicted molar refractivity (Wildman–Crippen MR) is 121 cm³/mol. The summed E-state index contributed by atoms with van der Waals surface area (Å²) in [6.07, 6.45) is 0. The maximum atomic E-state index is 13.2. The topological polar surface area (TPSA) is 73.1 Å². The molecule has 0 radical (unpaired) electrons. The summed E-state index contributed by atoms with van der Waals surface area (Å²) < 4.78 is 2.44. The second kappa shape index (κ2) is 7.93. The summed E-state index contributed by atoms with van der Waals surface area (Å²) in [6.45, 7) is 3.50. The first-order chi connectivity index (χ1) is 14.3. The van der Waals surface area contributed by atoms with E-state index in [4.69, 9.17) is 11.6 Å². The number of para-hydroxylation sites is 1. The third-order valence-corrected chi connectivity index (χ3v) is 6.19. The van der Waals surface area contributed by atoms with Crippen molar-refractivity contribution in [3.05, 3.63) is 90.9 Å². The number of hydrogen-bond donors (Lipinski definition) is 1. The zero-order valence-corrected chi connectivity index (χ0v) is 17.9. The minimum Gasteiger partial charge on any atom is -0.324 e. The summed E-state index contributed by atoms with van der Waals surface area (Å²) in [6, 6.07) is 15.6. The number of amides is 1. The highest BCUT2D eigenvalue weighted by atomic mass is 35.5. The van der Waals surface area contributed by atoms with E-state index < -0.39 is 11.2 Å². The van der Waals surface area contributed by atoms with Crippen molar-refractivity contribution in [3.8, 4) is 5.69 Å². The lowest BCUT2D eigenvalue weighted by atomic mass is 10.2. The van der Waals surface area contributed by atoms with E-state index in [1.807, 2.05) is 13.8 Å². The number of nitrogens with one attached hydrogen (secondary N) is 1. The lowest BCUT2D eigenvalue weighted by molar-refractivity contribution is -0.116. The molecule has 4 rings (SSSR count). The first kappa shape index (κ1) is 20.1. The number of benzene rings is 2. The third-order valence-electron chi connectivity index (χ3n) is 4.71. The molecule has 1 amide bonds. The second-order valence-corrected chi connectivity index (χ2v) is 8.57. The van der Waals surface area contributed by atoms with E-state index >= 15 is 0 Å². The molecule has 0 aliphatic rings. The van der Waals surface area contributed by atoms with Crippen molar-refractivity contribution in [1.82, 2.24) is 9.13 Å². The maximum absolute atomic E-state index is 13.2. The fourth-order valence-corrected chi connectivity index (χ4v) is 4.40. The normalized spacial score (nSPS) is 11.0. The van der Waals surface area contributed by atoms with Crippen molar-refractivity contribution in [1.29, 1.82) is 0 Å². The zero-order valence-electron chi connectivity index (χ0n) is 16.3. The van der Waals surface area contributed by atoms with Crippen LogP contribution in [-0.2, 0) is 11.3 Å². The number of fused-ring (bicyclic) bond motifs is 1. The number of rotatable bonds is 4. The van der Waals surface area contributed by atoms with E-state index in [2.05, 4.69) is 5.32 Å². The smallest absolute Gasteiger partial charge is 0.324 e. The summed E-state index contributed by atoms with van der Waals surface area (Å²) in [5.74, 6) is -0.386. The maximum Gasteiger partial charge on any atom is 0.337 e.